The Morgan fingerprint density at radius 1 is 1.21 bits per heavy atom. The molecule has 0 radical (unpaired) electrons. The topological polar surface area (TPSA) is 22.4 Å². The van der Waals surface area contributed by atoms with Crippen molar-refractivity contribution in [2.45, 2.75) is 18.7 Å². The first kappa shape index (κ1) is 15.1. The van der Waals surface area contributed by atoms with Crippen molar-refractivity contribution in [2.24, 2.45) is 0 Å². The summed E-state index contributed by atoms with van der Waals surface area (Å²) in [6, 6.07) is 5.89. The number of alkyl halides is 1. The summed E-state index contributed by atoms with van der Waals surface area (Å²) < 4.78 is 13.0. The number of hydrogen-bond donors (Lipinski definition) is 0. The van der Waals surface area contributed by atoms with Gasteiger partial charge >= 0.3 is 0 Å². The van der Waals surface area contributed by atoms with E-state index in [1.165, 1.54) is 0 Å². The van der Waals surface area contributed by atoms with Gasteiger partial charge in [-0.15, -0.1) is 0 Å². The summed E-state index contributed by atoms with van der Waals surface area (Å²) in [5, 5.41) is 0. The Morgan fingerprint density at radius 2 is 1.89 bits per heavy atom. The lowest BCUT2D eigenvalue weighted by molar-refractivity contribution is 0.404. The van der Waals surface area contributed by atoms with E-state index < -0.39 is 0 Å². The molecule has 5 heteroatoms. The Kier molecular flexibility index (Phi) is 4.79. The van der Waals surface area contributed by atoms with Gasteiger partial charge in [-0.25, -0.2) is 0 Å². The van der Waals surface area contributed by atoms with Crippen LogP contribution >= 0.6 is 47.8 Å². The molecular formula is C14H13Br3O2. The van der Waals surface area contributed by atoms with Crippen LogP contribution in [0, 0.1) is 13.8 Å². The van der Waals surface area contributed by atoms with Gasteiger partial charge < -0.3 is 9.15 Å². The van der Waals surface area contributed by atoms with Crippen molar-refractivity contribution in [1.29, 1.82) is 0 Å². The number of hydrogen-bond acceptors (Lipinski definition) is 2. The molecule has 0 fully saturated rings. The lowest BCUT2D eigenvalue weighted by atomic mass is 10.00. The molecule has 2 nitrogen and oxygen atoms in total. The second-order valence-corrected chi connectivity index (χ2v) is 6.80. The van der Waals surface area contributed by atoms with Crippen molar-refractivity contribution < 1.29 is 9.15 Å². The second-order valence-electron chi connectivity index (χ2n) is 4.25. The number of aryl methyl sites for hydroxylation is 1. The molecule has 0 aliphatic rings. The molecule has 0 bridgehead atoms. The van der Waals surface area contributed by atoms with Crippen molar-refractivity contribution in [1.82, 2.24) is 0 Å². The van der Waals surface area contributed by atoms with Gasteiger partial charge in [-0.05, 0) is 59.1 Å². The third kappa shape index (κ3) is 2.93. The van der Waals surface area contributed by atoms with Gasteiger partial charge in [0.2, 0.25) is 0 Å². The quantitative estimate of drug-likeness (QED) is 0.540. The Balaban J connectivity index is 2.60. The van der Waals surface area contributed by atoms with E-state index in [2.05, 4.69) is 60.8 Å². The SMILES string of the molecule is COc1c(C)cc(Br)c(C)c1C(Br)c1ccc(Br)o1. The summed E-state index contributed by atoms with van der Waals surface area (Å²) in [6.45, 7) is 4.10. The van der Waals surface area contributed by atoms with Crippen LogP contribution in [-0.2, 0) is 0 Å². The largest absolute Gasteiger partial charge is 0.496 e. The third-order valence-corrected chi connectivity index (χ3v) is 5.17. The molecule has 1 unspecified atom stereocenters. The van der Waals surface area contributed by atoms with Crippen LogP contribution in [0.5, 0.6) is 5.75 Å². The molecule has 0 aliphatic carbocycles. The van der Waals surface area contributed by atoms with Gasteiger partial charge in [0.05, 0.1) is 7.11 Å². The Morgan fingerprint density at radius 3 is 2.42 bits per heavy atom. The highest BCUT2D eigenvalue weighted by Crippen LogP contribution is 2.43. The zero-order chi connectivity index (χ0) is 14.2. The van der Waals surface area contributed by atoms with E-state index in [4.69, 9.17) is 9.15 Å². The molecule has 0 aliphatic heterocycles. The summed E-state index contributed by atoms with van der Waals surface area (Å²) in [6.07, 6.45) is 0. The highest BCUT2D eigenvalue weighted by atomic mass is 79.9. The molecule has 0 saturated carbocycles. The number of rotatable bonds is 3. The smallest absolute Gasteiger partial charge is 0.169 e. The van der Waals surface area contributed by atoms with Crippen LogP contribution in [0.4, 0.5) is 0 Å². The Hall–Kier alpha value is -0.260. The van der Waals surface area contributed by atoms with Crippen molar-refractivity contribution in [3.05, 3.63) is 49.8 Å². The highest BCUT2D eigenvalue weighted by Gasteiger charge is 2.23. The molecule has 0 amide bonds. The molecular weight excluding hydrogens is 440 g/mol. The lowest BCUT2D eigenvalue weighted by Crippen LogP contribution is -2.02. The first-order valence-corrected chi connectivity index (χ1v) is 8.18. The molecule has 0 spiro atoms. The predicted molar refractivity (Wildman–Crippen MR) is 87.3 cm³/mol. The standard InChI is InChI=1S/C14H13Br3O2/c1-7-6-9(15)8(2)12(14(7)18-3)13(17)10-4-5-11(16)19-10/h4-6,13H,1-3H3. The van der Waals surface area contributed by atoms with Crippen LogP contribution in [0.3, 0.4) is 0 Å². The summed E-state index contributed by atoms with van der Waals surface area (Å²) in [5.74, 6) is 1.72. The van der Waals surface area contributed by atoms with Gasteiger partial charge in [-0.2, -0.15) is 0 Å². The van der Waals surface area contributed by atoms with Gasteiger partial charge in [0, 0.05) is 10.0 Å². The first-order valence-electron chi connectivity index (χ1n) is 5.68. The van der Waals surface area contributed by atoms with Crippen LogP contribution in [0.25, 0.3) is 0 Å². The fourth-order valence-electron chi connectivity index (χ4n) is 2.06. The highest BCUT2D eigenvalue weighted by molar-refractivity contribution is 9.10. The molecule has 2 rings (SSSR count). The van der Waals surface area contributed by atoms with E-state index in [9.17, 15) is 0 Å². The van der Waals surface area contributed by atoms with Gasteiger partial charge in [0.15, 0.2) is 4.67 Å². The van der Waals surface area contributed by atoms with E-state index in [-0.39, 0.29) is 4.83 Å². The van der Waals surface area contributed by atoms with Crippen LogP contribution in [0.1, 0.15) is 27.3 Å². The molecule has 102 valence electrons. The molecule has 1 heterocycles. The predicted octanol–water partition coefficient (Wildman–Crippen LogP) is 5.91. The number of ether oxygens (including phenoxy) is 1. The maximum atomic E-state index is 5.63. The van der Waals surface area contributed by atoms with E-state index in [0.717, 1.165) is 37.3 Å². The lowest BCUT2D eigenvalue weighted by Gasteiger charge is -2.19. The fourth-order valence-corrected chi connectivity index (χ4v) is 3.73. The normalized spacial score (nSPS) is 12.5. The summed E-state index contributed by atoms with van der Waals surface area (Å²) in [5.41, 5.74) is 3.30. The molecule has 1 aromatic heterocycles. The number of halogens is 3. The summed E-state index contributed by atoms with van der Waals surface area (Å²) >= 11 is 10.6. The van der Waals surface area contributed by atoms with Crippen molar-refractivity contribution in [3.63, 3.8) is 0 Å². The summed E-state index contributed by atoms with van der Waals surface area (Å²) in [7, 11) is 1.69. The zero-order valence-electron chi connectivity index (χ0n) is 10.8. The minimum absolute atomic E-state index is 0.0510. The molecule has 1 atom stereocenters. The molecule has 19 heavy (non-hydrogen) atoms. The van der Waals surface area contributed by atoms with Crippen LogP contribution in [-0.4, -0.2) is 7.11 Å². The number of furan rings is 1. The summed E-state index contributed by atoms with van der Waals surface area (Å²) in [4.78, 5) is -0.0510. The van der Waals surface area contributed by atoms with Crippen LogP contribution < -0.4 is 4.74 Å². The molecule has 0 saturated heterocycles. The second kappa shape index (κ2) is 6.02. The van der Waals surface area contributed by atoms with Gasteiger partial charge in [0.25, 0.3) is 0 Å². The zero-order valence-corrected chi connectivity index (χ0v) is 15.5. The minimum atomic E-state index is -0.0510. The average Bonchev–Trinajstić information content (AvgIpc) is 2.79. The van der Waals surface area contributed by atoms with Crippen LogP contribution in [0.15, 0.2) is 31.8 Å². The van der Waals surface area contributed by atoms with Gasteiger partial charge in [-0.3, -0.25) is 0 Å². The Labute approximate surface area is 137 Å². The number of benzene rings is 1. The third-order valence-electron chi connectivity index (χ3n) is 3.01. The fraction of sp³-hybridized carbons (Fsp3) is 0.286. The van der Waals surface area contributed by atoms with Gasteiger partial charge in [-0.1, -0.05) is 31.9 Å². The van der Waals surface area contributed by atoms with E-state index in [1.807, 2.05) is 19.1 Å². The average molecular weight is 453 g/mol. The molecule has 0 N–H and O–H groups in total. The Bertz CT molecular complexity index is 605. The first-order chi connectivity index (χ1) is 8.95. The van der Waals surface area contributed by atoms with Crippen LogP contribution in [0.2, 0.25) is 0 Å². The van der Waals surface area contributed by atoms with Crippen molar-refractivity contribution in [3.8, 4) is 5.75 Å². The van der Waals surface area contributed by atoms with E-state index in [1.54, 1.807) is 7.11 Å². The maximum absolute atomic E-state index is 5.63. The minimum Gasteiger partial charge on any atom is -0.496 e. The van der Waals surface area contributed by atoms with Crippen molar-refractivity contribution >= 4 is 47.8 Å². The molecule has 1 aromatic carbocycles. The number of methoxy groups -OCH3 is 1. The van der Waals surface area contributed by atoms with Gasteiger partial charge in [0.1, 0.15) is 16.3 Å². The monoisotopic (exact) mass is 450 g/mol. The molecule has 2 aromatic rings. The van der Waals surface area contributed by atoms with E-state index in [0.29, 0.717) is 0 Å². The van der Waals surface area contributed by atoms with E-state index >= 15 is 0 Å². The maximum Gasteiger partial charge on any atom is 0.169 e. The van der Waals surface area contributed by atoms with Crippen molar-refractivity contribution in [2.75, 3.05) is 7.11 Å².